The SMILES string of the molecule is COCC(C)N(Cc1ccc(-c2cc3nccc(Oc4ccc(NC(=O)NC5CC5)cc4F)c3s2)nc1)C(C)=O. The lowest BCUT2D eigenvalue weighted by atomic mass is 10.2. The zero-order chi connectivity index (χ0) is 28.2. The van der Waals surface area contributed by atoms with Crippen molar-refractivity contribution in [3.8, 4) is 22.1 Å². The number of amides is 3. The van der Waals surface area contributed by atoms with Crippen LogP contribution in [0, 0.1) is 5.82 Å². The van der Waals surface area contributed by atoms with Crippen LogP contribution in [0.1, 0.15) is 32.3 Å². The Morgan fingerprint density at radius 2 is 1.98 bits per heavy atom. The average molecular weight is 564 g/mol. The minimum Gasteiger partial charge on any atom is -0.453 e. The normalized spacial score (nSPS) is 13.6. The highest BCUT2D eigenvalue weighted by atomic mass is 32.1. The fourth-order valence-electron chi connectivity index (χ4n) is 4.25. The summed E-state index contributed by atoms with van der Waals surface area (Å²) >= 11 is 1.44. The number of fused-ring (bicyclic) bond motifs is 1. The number of benzene rings is 1. The molecule has 0 spiro atoms. The molecule has 1 atom stereocenters. The third-order valence-electron chi connectivity index (χ3n) is 6.47. The van der Waals surface area contributed by atoms with Crippen LogP contribution < -0.4 is 15.4 Å². The highest BCUT2D eigenvalue weighted by molar-refractivity contribution is 7.22. The number of carbonyl (C=O) groups excluding carboxylic acids is 2. The van der Waals surface area contributed by atoms with E-state index in [0.29, 0.717) is 30.1 Å². The number of rotatable bonds is 10. The van der Waals surface area contributed by atoms with Gasteiger partial charge < -0.3 is 25.0 Å². The minimum atomic E-state index is -0.595. The number of thiophene rings is 1. The predicted octanol–water partition coefficient (Wildman–Crippen LogP) is 5.96. The second-order valence-electron chi connectivity index (χ2n) is 9.76. The van der Waals surface area contributed by atoms with E-state index < -0.39 is 5.82 Å². The van der Waals surface area contributed by atoms with Crippen LogP contribution in [0.2, 0.25) is 0 Å². The van der Waals surface area contributed by atoms with Gasteiger partial charge in [-0.3, -0.25) is 14.8 Å². The molecular weight excluding hydrogens is 533 g/mol. The van der Waals surface area contributed by atoms with Crippen LogP contribution in [0.15, 0.2) is 54.9 Å². The monoisotopic (exact) mass is 563 g/mol. The lowest BCUT2D eigenvalue weighted by molar-refractivity contribution is -0.132. The van der Waals surface area contributed by atoms with Crippen LogP contribution in [-0.4, -0.2) is 52.6 Å². The van der Waals surface area contributed by atoms with Crippen molar-refractivity contribution in [2.75, 3.05) is 19.0 Å². The van der Waals surface area contributed by atoms with Gasteiger partial charge in [0.05, 0.1) is 33.4 Å². The Balaban J connectivity index is 1.31. The van der Waals surface area contributed by atoms with E-state index in [1.54, 1.807) is 43.5 Å². The second-order valence-corrected chi connectivity index (χ2v) is 10.8. The van der Waals surface area contributed by atoms with E-state index in [1.807, 2.05) is 25.1 Å². The Labute approximate surface area is 235 Å². The van der Waals surface area contributed by atoms with Crippen LogP contribution in [0.25, 0.3) is 20.8 Å². The van der Waals surface area contributed by atoms with E-state index in [-0.39, 0.29) is 29.8 Å². The number of methoxy groups -OCH3 is 1. The van der Waals surface area contributed by atoms with Crippen LogP contribution >= 0.6 is 11.3 Å². The van der Waals surface area contributed by atoms with Crippen LogP contribution in [0.5, 0.6) is 11.5 Å². The summed E-state index contributed by atoms with van der Waals surface area (Å²) in [4.78, 5) is 35.8. The summed E-state index contributed by atoms with van der Waals surface area (Å²) in [6, 6.07) is 11.6. The van der Waals surface area contributed by atoms with Crippen molar-refractivity contribution in [2.24, 2.45) is 0 Å². The number of halogens is 1. The molecule has 5 rings (SSSR count). The number of nitrogens with zero attached hydrogens (tertiary/aromatic N) is 3. The largest absolute Gasteiger partial charge is 0.453 e. The molecule has 40 heavy (non-hydrogen) atoms. The van der Waals surface area contributed by atoms with Gasteiger partial charge in [0.15, 0.2) is 11.6 Å². The number of nitrogens with one attached hydrogen (secondary N) is 2. The zero-order valence-electron chi connectivity index (χ0n) is 22.4. The van der Waals surface area contributed by atoms with E-state index in [0.717, 1.165) is 33.7 Å². The number of anilines is 1. The summed E-state index contributed by atoms with van der Waals surface area (Å²) in [5.41, 5.74) is 2.71. The summed E-state index contributed by atoms with van der Waals surface area (Å²) in [6.07, 6.45) is 5.30. The molecule has 1 aliphatic rings. The molecule has 0 saturated heterocycles. The van der Waals surface area contributed by atoms with Gasteiger partial charge in [0.2, 0.25) is 5.91 Å². The molecule has 0 radical (unpaired) electrons. The molecule has 1 aliphatic carbocycles. The molecule has 2 N–H and O–H groups in total. The summed E-state index contributed by atoms with van der Waals surface area (Å²) in [7, 11) is 1.61. The molecule has 11 heteroatoms. The molecule has 0 aliphatic heterocycles. The van der Waals surface area contributed by atoms with E-state index in [4.69, 9.17) is 9.47 Å². The third kappa shape index (κ3) is 6.54. The Kier molecular flexibility index (Phi) is 8.22. The topological polar surface area (TPSA) is 106 Å². The number of ether oxygens (including phenoxy) is 2. The van der Waals surface area contributed by atoms with E-state index in [1.165, 1.54) is 23.5 Å². The number of aromatic nitrogens is 2. The van der Waals surface area contributed by atoms with Crippen molar-refractivity contribution in [1.82, 2.24) is 20.2 Å². The van der Waals surface area contributed by atoms with E-state index >= 15 is 0 Å². The van der Waals surface area contributed by atoms with Crippen LogP contribution in [-0.2, 0) is 16.1 Å². The lowest BCUT2D eigenvalue weighted by Gasteiger charge is -2.27. The Bertz CT molecular complexity index is 1520. The molecule has 3 heterocycles. The van der Waals surface area contributed by atoms with Gasteiger partial charge in [-0.2, -0.15) is 0 Å². The first-order valence-corrected chi connectivity index (χ1v) is 13.8. The highest BCUT2D eigenvalue weighted by Crippen LogP contribution is 2.39. The number of carbonyl (C=O) groups is 2. The Morgan fingerprint density at radius 1 is 1.15 bits per heavy atom. The van der Waals surface area contributed by atoms with E-state index in [2.05, 4.69) is 20.6 Å². The summed E-state index contributed by atoms with van der Waals surface area (Å²) < 4.78 is 26.7. The molecule has 3 aromatic heterocycles. The maximum atomic E-state index is 14.9. The predicted molar refractivity (Wildman–Crippen MR) is 152 cm³/mol. The van der Waals surface area contributed by atoms with E-state index in [9.17, 15) is 14.0 Å². The third-order valence-corrected chi connectivity index (χ3v) is 7.63. The Hall–Kier alpha value is -4.09. The number of hydrogen-bond donors (Lipinski definition) is 2. The summed E-state index contributed by atoms with van der Waals surface area (Å²) in [5.74, 6) is -0.121. The maximum Gasteiger partial charge on any atom is 0.319 e. The van der Waals surface area contributed by atoms with Crippen molar-refractivity contribution in [3.63, 3.8) is 0 Å². The van der Waals surface area contributed by atoms with Gasteiger partial charge in [0.1, 0.15) is 5.75 Å². The van der Waals surface area contributed by atoms with Crippen LogP contribution in [0.4, 0.5) is 14.9 Å². The minimum absolute atomic E-state index is 0.0295. The lowest BCUT2D eigenvalue weighted by Crippen LogP contribution is -2.39. The molecule has 3 amide bonds. The standard InChI is InChI=1S/C29H30FN5O4S/c1-17(16-38-3)35(18(2)36)15-19-4-8-23(32-14-19)27-13-24-28(40-27)26(10-11-31-24)39-25-9-7-21(12-22(25)30)34-29(37)33-20-5-6-20/h4,7-14,17,20H,5-6,15-16H2,1-3H3,(H2,33,34,37). The first kappa shape index (κ1) is 27.5. The van der Waals surface area contributed by atoms with Crippen molar-refractivity contribution in [2.45, 2.75) is 45.3 Å². The first-order valence-electron chi connectivity index (χ1n) is 13.0. The highest BCUT2D eigenvalue weighted by Gasteiger charge is 2.23. The average Bonchev–Trinajstić information content (AvgIpc) is 3.62. The van der Waals surface area contributed by atoms with Crippen molar-refractivity contribution >= 4 is 39.2 Å². The molecule has 1 aromatic carbocycles. The van der Waals surface area contributed by atoms with Crippen LogP contribution in [0.3, 0.4) is 0 Å². The molecular formula is C29H30FN5O4S. The summed E-state index contributed by atoms with van der Waals surface area (Å²) in [5, 5.41) is 5.44. The van der Waals surface area contributed by atoms with Gasteiger partial charge in [-0.15, -0.1) is 11.3 Å². The molecule has 1 unspecified atom stereocenters. The van der Waals surface area contributed by atoms with Gasteiger partial charge in [0.25, 0.3) is 0 Å². The number of urea groups is 1. The molecule has 1 fully saturated rings. The fourth-order valence-corrected chi connectivity index (χ4v) is 5.29. The molecule has 4 aromatic rings. The molecule has 208 valence electrons. The zero-order valence-corrected chi connectivity index (χ0v) is 23.3. The van der Waals surface area contributed by atoms with Gasteiger partial charge in [-0.25, -0.2) is 9.18 Å². The molecule has 9 nitrogen and oxygen atoms in total. The molecule has 1 saturated carbocycles. The first-order chi connectivity index (χ1) is 19.3. The van der Waals surface area contributed by atoms with Gasteiger partial charge in [0, 0.05) is 56.8 Å². The van der Waals surface area contributed by atoms with Crippen molar-refractivity contribution in [1.29, 1.82) is 0 Å². The number of hydrogen-bond acceptors (Lipinski definition) is 7. The number of pyridine rings is 2. The van der Waals surface area contributed by atoms with Crippen molar-refractivity contribution in [3.05, 3.63) is 66.2 Å². The van der Waals surface area contributed by atoms with Gasteiger partial charge in [-0.1, -0.05) is 6.07 Å². The van der Waals surface area contributed by atoms with Crippen molar-refractivity contribution < 1.29 is 23.5 Å². The summed E-state index contributed by atoms with van der Waals surface area (Å²) in [6.45, 7) is 4.38. The fraction of sp³-hybridized carbons (Fsp3) is 0.310. The second kappa shape index (κ2) is 12.0. The van der Waals surface area contributed by atoms with Gasteiger partial charge >= 0.3 is 6.03 Å². The van der Waals surface area contributed by atoms with Gasteiger partial charge in [-0.05, 0) is 49.6 Å². The smallest absolute Gasteiger partial charge is 0.319 e. The quantitative estimate of drug-likeness (QED) is 0.247. The maximum absolute atomic E-state index is 14.9. The molecule has 0 bridgehead atoms. The Morgan fingerprint density at radius 3 is 2.65 bits per heavy atom.